The molecule has 1 aliphatic rings. The fourth-order valence-corrected chi connectivity index (χ4v) is 4.75. The molecule has 0 spiro atoms. The molecule has 27 heavy (non-hydrogen) atoms. The highest BCUT2D eigenvalue weighted by Crippen LogP contribution is 2.50. The van der Waals surface area contributed by atoms with Crippen LogP contribution in [0.15, 0.2) is 28.3 Å². The van der Waals surface area contributed by atoms with Gasteiger partial charge in [0.2, 0.25) is 8.32 Å². The molecule has 0 aliphatic heterocycles. The first kappa shape index (κ1) is 22.2. The molecular weight excluding hydrogens is 420 g/mol. The number of hydrogen-bond acceptors (Lipinski definition) is 3. The summed E-state index contributed by atoms with van der Waals surface area (Å²) >= 11 is 3.59. The lowest BCUT2D eigenvalue weighted by atomic mass is 9.66. The van der Waals surface area contributed by atoms with Crippen molar-refractivity contribution < 1.29 is 14.0 Å². The highest BCUT2D eigenvalue weighted by molar-refractivity contribution is 9.10. The third-order valence-electron chi connectivity index (χ3n) is 6.13. The standard InChI is InChI=1S/C22H33BrO3Si/c1-14-10-11-22(5,6)19(20(14)24)15-12-18(25-7)16(23)13-17(15)26-27(8,9)21(2,3)4/h10,12-13,19H,11H2,1-9H3. The first-order chi connectivity index (χ1) is 12.2. The van der Waals surface area contributed by atoms with Gasteiger partial charge >= 0.3 is 0 Å². The zero-order valence-corrected chi connectivity index (χ0v) is 20.7. The van der Waals surface area contributed by atoms with Crippen molar-refractivity contribution in [3.8, 4) is 11.5 Å². The SMILES string of the molecule is COc1cc(C2C(=O)C(C)=CCC2(C)C)c(O[Si](C)(C)C(C)(C)C)cc1Br. The maximum atomic E-state index is 13.2. The molecule has 0 fully saturated rings. The van der Waals surface area contributed by atoms with Crippen LogP contribution in [-0.2, 0) is 4.79 Å². The van der Waals surface area contributed by atoms with Crippen LogP contribution in [0.4, 0.5) is 0 Å². The van der Waals surface area contributed by atoms with Gasteiger partial charge < -0.3 is 9.16 Å². The van der Waals surface area contributed by atoms with Crippen molar-refractivity contribution >= 4 is 30.0 Å². The van der Waals surface area contributed by atoms with Crippen molar-refractivity contribution in [2.45, 2.75) is 72.0 Å². The van der Waals surface area contributed by atoms with Crippen LogP contribution >= 0.6 is 15.9 Å². The second-order valence-electron chi connectivity index (χ2n) is 9.76. The topological polar surface area (TPSA) is 35.5 Å². The van der Waals surface area contributed by atoms with Crippen molar-refractivity contribution in [1.29, 1.82) is 0 Å². The molecular formula is C22H33BrO3Si. The van der Waals surface area contributed by atoms with E-state index in [1.807, 2.05) is 19.1 Å². The number of methoxy groups -OCH3 is 1. The van der Waals surface area contributed by atoms with E-state index in [0.29, 0.717) is 0 Å². The molecule has 0 heterocycles. The molecule has 5 heteroatoms. The van der Waals surface area contributed by atoms with E-state index in [9.17, 15) is 4.79 Å². The van der Waals surface area contributed by atoms with Gasteiger partial charge in [0, 0.05) is 5.56 Å². The molecule has 0 radical (unpaired) electrons. The fourth-order valence-electron chi connectivity index (χ4n) is 3.23. The number of carbonyl (C=O) groups is 1. The number of ketones is 1. The van der Waals surface area contributed by atoms with E-state index in [1.54, 1.807) is 7.11 Å². The first-order valence-corrected chi connectivity index (χ1v) is 13.2. The van der Waals surface area contributed by atoms with Crippen molar-refractivity contribution in [1.82, 2.24) is 0 Å². The monoisotopic (exact) mass is 452 g/mol. The zero-order chi connectivity index (χ0) is 20.8. The van der Waals surface area contributed by atoms with E-state index in [1.165, 1.54) is 0 Å². The normalized spacial score (nSPS) is 20.3. The van der Waals surface area contributed by atoms with Crippen molar-refractivity contribution in [2.75, 3.05) is 7.11 Å². The van der Waals surface area contributed by atoms with Gasteiger partial charge in [0.25, 0.3) is 0 Å². The lowest BCUT2D eigenvalue weighted by Gasteiger charge is -2.40. The average Bonchev–Trinajstić information content (AvgIpc) is 2.52. The molecule has 1 aromatic rings. The Balaban J connectivity index is 2.67. The molecule has 0 amide bonds. The second kappa shape index (κ2) is 7.40. The van der Waals surface area contributed by atoms with Crippen molar-refractivity contribution in [2.24, 2.45) is 5.41 Å². The minimum absolute atomic E-state index is 0.0680. The molecule has 3 nitrogen and oxygen atoms in total. The van der Waals surface area contributed by atoms with Gasteiger partial charge in [-0.2, -0.15) is 0 Å². The van der Waals surface area contributed by atoms with Crippen molar-refractivity contribution in [3.63, 3.8) is 0 Å². The van der Waals surface area contributed by atoms with Gasteiger partial charge in [-0.25, -0.2) is 0 Å². The predicted octanol–water partition coefficient (Wildman–Crippen LogP) is 6.87. The summed E-state index contributed by atoms with van der Waals surface area (Å²) in [7, 11) is -0.414. The third kappa shape index (κ3) is 4.34. The molecule has 0 aromatic heterocycles. The lowest BCUT2D eigenvalue weighted by Crippen LogP contribution is -2.44. The maximum absolute atomic E-state index is 13.2. The van der Waals surface area contributed by atoms with Crippen molar-refractivity contribution in [3.05, 3.63) is 33.8 Å². The number of halogens is 1. The molecule has 0 bridgehead atoms. The average molecular weight is 453 g/mol. The summed E-state index contributed by atoms with van der Waals surface area (Å²) in [4.78, 5) is 13.2. The first-order valence-electron chi connectivity index (χ1n) is 9.48. The van der Waals surface area contributed by atoms with Gasteiger partial charge in [0.1, 0.15) is 11.5 Å². The minimum atomic E-state index is -2.06. The second-order valence-corrected chi connectivity index (χ2v) is 15.3. The number of benzene rings is 1. The van der Waals surface area contributed by atoms with Gasteiger partial charge in [-0.1, -0.05) is 40.7 Å². The Bertz CT molecular complexity index is 772. The number of hydrogen-bond donors (Lipinski definition) is 0. The Labute approximate surface area is 173 Å². The maximum Gasteiger partial charge on any atom is 0.250 e. The summed E-state index contributed by atoms with van der Waals surface area (Å²) in [5, 5.41) is 0.0680. The minimum Gasteiger partial charge on any atom is -0.543 e. The molecule has 0 saturated heterocycles. The van der Waals surface area contributed by atoms with Crippen LogP contribution in [-0.4, -0.2) is 21.2 Å². The lowest BCUT2D eigenvalue weighted by molar-refractivity contribution is -0.120. The Morgan fingerprint density at radius 2 is 1.78 bits per heavy atom. The molecule has 150 valence electrons. The number of carbonyl (C=O) groups excluding carboxylic acids is 1. The molecule has 0 N–H and O–H groups in total. The zero-order valence-electron chi connectivity index (χ0n) is 18.1. The van der Waals surface area contributed by atoms with Gasteiger partial charge in [-0.3, -0.25) is 4.79 Å². The highest BCUT2D eigenvalue weighted by Gasteiger charge is 2.44. The quantitative estimate of drug-likeness (QED) is 0.467. The van der Waals surface area contributed by atoms with Crippen LogP contribution < -0.4 is 9.16 Å². The van der Waals surface area contributed by atoms with E-state index in [0.717, 1.165) is 33.5 Å². The summed E-state index contributed by atoms with van der Waals surface area (Å²) in [6.45, 7) is 17.4. The van der Waals surface area contributed by atoms with Gasteiger partial charge in [0.15, 0.2) is 5.78 Å². The van der Waals surface area contributed by atoms with Gasteiger partial charge in [-0.15, -0.1) is 0 Å². The van der Waals surface area contributed by atoms with Gasteiger partial charge in [0.05, 0.1) is 17.5 Å². The largest absolute Gasteiger partial charge is 0.543 e. The number of allylic oxidation sites excluding steroid dienone is 2. The van der Waals surface area contributed by atoms with Gasteiger partial charge in [-0.05, 0) is 70.5 Å². The number of Topliss-reactive ketones (excluding diaryl/α,β-unsaturated/α-hetero) is 1. The molecule has 1 unspecified atom stereocenters. The summed E-state index contributed by atoms with van der Waals surface area (Å²) in [6, 6.07) is 3.96. The van der Waals surface area contributed by atoms with Crippen LogP contribution in [0.5, 0.6) is 11.5 Å². The Kier molecular flexibility index (Phi) is 6.09. The summed E-state index contributed by atoms with van der Waals surface area (Å²) in [6.07, 6.45) is 2.93. The third-order valence-corrected chi connectivity index (χ3v) is 11.1. The Morgan fingerprint density at radius 1 is 1.19 bits per heavy atom. The van der Waals surface area contributed by atoms with Crippen LogP contribution in [0.25, 0.3) is 0 Å². The number of rotatable bonds is 4. The molecule has 0 saturated carbocycles. The molecule has 2 rings (SSSR count). The molecule has 1 aliphatic carbocycles. The predicted molar refractivity (Wildman–Crippen MR) is 118 cm³/mol. The molecule has 1 atom stereocenters. The summed E-state index contributed by atoms with van der Waals surface area (Å²) in [5.41, 5.74) is 1.59. The van der Waals surface area contributed by atoms with Crippen LogP contribution in [0.1, 0.15) is 59.4 Å². The smallest absolute Gasteiger partial charge is 0.250 e. The highest BCUT2D eigenvalue weighted by atomic mass is 79.9. The van der Waals surface area contributed by atoms with E-state index in [-0.39, 0.29) is 22.2 Å². The Hall–Kier alpha value is -1.07. The van der Waals surface area contributed by atoms with E-state index in [2.05, 4.69) is 69.7 Å². The Morgan fingerprint density at radius 3 is 2.30 bits per heavy atom. The van der Waals surface area contributed by atoms with Crippen LogP contribution in [0.3, 0.4) is 0 Å². The molecule has 1 aromatic carbocycles. The van der Waals surface area contributed by atoms with E-state index >= 15 is 0 Å². The van der Waals surface area contributed by atoms with Crippen LogP contribution in [0.2, 0.25) is 18.1 Å². The summed E-state index contributed by atoms with van der Waals surface area (Å²) in [5.74, 6) is 1.46. The van der Waals surface area contributed by atoms with E-state index in [4.69, 9.17) is 9.16 Å². The fraction of sp³-hybridized carbons (Fsp3) is 0.591. The summed E-state index contributed by atoms with van der Waals surface area (Å²) < 4.78 is 13.1. The van der Waals surface area contributed by atoms with Crippen LogP contribution in [0, 0.1) is 5.41 Å². The number of ether oxygens (including phenoxy) is 1. The van der Waals surface area contributed by atoms with E-state index < -0.39 is 8.32 Å².